The number of hydrogen-bond acceptors (Lipinski definition) is 3. The van der Waals surface area contributed by atoms with Crippen LogP contribution in [-0.4, -0.2) is 30.1 Å². The van der Waals surface area contributed by atoms with E-state index >= 15 is 0 Å². The van der Waals surface area contributed by atoms with Crippen LogP contribution in [-0.2, 0) is 16.0 Å². The molecule has 1 aromatic carbocycles. The van der Waals surface area contributed by atoms with Gasteiger partial charge < -0.3 is 15.2 Å². The van der Waals surface area contributed by atoms with Gasteiger partial charge in [0, 0.05) is 6.54 Å². The summed E-state index contributed by atoms with van der Waals surface area (Å²) in [6.45, 7) is 4.97. The van der Waals surface area contributed by atoms with Gasteiger partial charge in [-0.3, -0.25) is 9.59 Å². The van der Waals surface area contributed by atoms with Crippen LogP contribution in [0.3, 0.4) is 0 Å². The first-order valence-electron chi connectivity index (χ1n) is 6.23. The lowest BCUT2D eigenvalue weighted by Gasteiger charge is -2.09. The van der Waals surface area contributed by atoms with E-state index in [2.05, 4.69) is 5.32 Å². The van der Waals surface area contributed by atoms with Crippen molar-refractivity contribution in [1.29, 1.82) is 0 Å². The summed E-state index contributed by atoms with van der Waals surface area (Å²) in [6.07, 6.45) is 0.181. The molecular weight excluding hydrogens is 246 g/mol. The van der Waals surface area contributed by atoms with Gasteiger partial charge in [-0.2, -0.15) is 0 Å². The van der Waals surface area contributed by atoms with Gasteiger partial charge in [0.05, 0.1) is 6.61 Å². The first kappa shape index (κ1) is 15.0. The number of ether oxygens (including phenoxy) is 1. The Morgan fingerprint density at radius 3 is 2.68 bits per heavy atom. The van der Waals surface area contributed by atoms with Gasteiger partial charge in [-0.15, -0.1) is 0 Å². The van der Waals surface area contributed by atoms with Gasteiger partial charge in [-0.1, -0.05) is 12.1 Å². The van der Waals surface area contributed by atoms with Gasteiger partial charge in [0.1, 0.15) is 12.2 Å². The Balaban J connectivity index is 2.43. The highest BCUT2D eigenvalue weighted by Gasteiger charge is 2.06. The molecule has 0 atom stereocenters. The summed E-state index contributed by atoms with van der Waals surface area (Å²) in [7, 11) is 0. The van der Waals surface area contributed by atoms with E-state index in [0.717, 1.165) is 16.9 Å². The fourth-order valence-electron chi connectivity index (χ4n) is 1.73. The molecule has 1 amide bonds. The molecule has 0 spiro atoms. The fourth-order valence-corrected chi connectivity index (χ4v) is 1.73. The number of amides is 1. The van der Waals surface area contributed by atoms with E-state index in [1.54, 1.807) is 0 Å². The van der Waals surface area contributed by atoms with Crippen molar-refractivity contribution in [3.8, 4) is 5.75 Å². The topological polar surface area (TPSA) is 75.6 Å². The predicted octanol–water partition coefficient (Wildman–Crippen LogP) is 1.53. The molecule has 0 radical (unpaired) electrons. The molecule has 1 rings (SSSR count). The molecule has 0 bridgehead atoms. The normalized spacial score (nSPS) is 10.0. The summed E-state index contributed by atoms with van der Waals surface area (Å²) in [5.41, 5.74) is 2.13. The van der Waals surface area contributed by atoms with Crippen molar-refractivity contribution in [3.63, 3.8) is 0 Å². The van der Waals surface area contributed by atoms with Crippen molar-refractivity contribution in [1.82, 2.24) is 5.32 Å². The highest BCUT2D eigenvalue weighted by Crippen LogP contribution is 2.19. The molecular formula is C14H19NO4. The van der Waals surface area contributed by atoms with E-state index in [-0.39, 0.29) is 0 Å². The highest BCUT2D eigenvalue weighted by molar-refractivity contribution is 5.93. The number of carboxylic acids is 1. The molecule has 0 heterocycles. The fraction of sp³-hybridized carbons (Fsp3) is 0.429. The molecule has 0 fully saturated rings. The molecule has 0 aromatic heterocycles. The Morgan fingerprint density at radius 1 is 1.37 bits per heavy atom. The smallest absolute Gasteiger partial charge is 0.312 e. The third-order valence-corrected chi connectivity index (χ3v) is 2.59. The Morgan fingerprint density at radius 2 is 2.11 bits per heavy atom. The van der Waals surface area contributed by atoms with Crippen molar-refractivity contribution in [2.24, 2.45) is 0 Å². The average molecular weight is 265 g/mol. The maximum atomic E-state index is 11.1. The van der Waals surface area contributed by atoms with Crippen LogP contribution in [0.4, 0.5) is 0 Å². The molecule has 0 aliphatic heterocycles. The zero-order chi connectivity index (χ0) is 14.3. The van der Waals surface area contributed by atoms with Crippen LogP contribution in [0.2, 0.25) is 0 Å². The zero-order valence-corrected chi connectivity index (χ0v) is 11.2. The standard InChI is InChI=1S/C14H19NO4/c1-3-19-12-5-4-11(8-10(12)2)6-7-15-13(16)9-14(17)18/h4-5,8H,3,6-7,9H2,1-2H3,(H,15,16)(H,17,18). The van der Waals surface area contributed by atoms with Crippen molar-refractivity contribution >= 4 is 11.9 Å². The summed E-state index contributed by atoms with van der Waals surface area (Å²) in [5, 5.41) is 11.0. The van der Waals surface area contributed by atoms with E-state index in [1.165, 1.54) is 0 Å². The average Bonchev–Trinajstić information content (AvgIpc) is 2.32. The molecule has 5 nitrogen and oxygen atoms in total. The van der Waals surface area contributed by atoms with Crippen LogP contribution in [0.15, 0.2) is 18.2 Å². The largest absolute Gasteiger partial charge is 0.494 e. The number of aliphatic carboxylic acids is 1. The van der Waals surface area contributed by atoms with Crippen molar-refractivity contribution in [2.45, 2.75) is 26.7 Å². The molecule has 0 saturated carbocycles. The summed E-state index contributed by atoms with van der Waals surface area (Å²) >= 11 is 0. The Kier molecular flexibility index (Phi) is 5.85. The van der Waals surface area contributed by atoms with E-state index in [1.807, 2.05) is 32.0 Å². The SMILES string of the molecule is CCOc1ccc(CCNC(=O)CC(=O)O)cc1C. The second kappa shape index (κ2) is 7.41. The quantitative estimate of drug-likeness (QED) is 0.733. The minimum atomic E-state index is -1.12. The van der Waals surface area contributed by atoms with Crippen LogP contribution in [0.25, 0.3) is 0 Å². The number of nitrogens with one attached hydrogen (secondary N) is 1. The number of hydrogen-bond donors (Lipinski definition) is 2. The summed E-state index contributed by atoms with van der Waals surface area (Å²) in [4.78, 5) is 21.4. The molecule has 0 aliphatic rings. The minimum absolute atomic E-state index is 0.430. The number of rotatable bonds is 7. The first-order chi connectivity index (χ1) is 9.02. The van der Waals surface area contributed by atoms with Crippen LogP contribution < -0.4 is 10.1 Å². The van der Waals surface area contributed by atoms with E-state index in [4.69, 9.17) is 9.84 Å². The third-order valence-electron chi connectivity index (χ3n) is 2.59. The first-order valence-corrected chi connectivity index (χ1v) is 6.23. The maximum absolute atomic E-state index is 11.1. The van der Waals surface area contributed by atoms with Gasteiger partial charge in [-0.05, 0) is 37.5 Å². The lowest BCUT2D eigenvalue weighted by atomic mass is 10.1. The Labute approximate surface area is 112 Å². The van der Waals surface area contributed by atoms with Crippen molar-refractivity contribution < 1.29 is 19.4 Å². The molecule has 19 heavy (non-hydrogen) atoms. The van der Waals surface area contributed by atoms with Gasteiger partial charge in [0.15, 0.2) is 0 Å². The van der Waals surface area contributed by atoms with Gasteiger partial charge in [-0.25, -0.2) is 0 Å². The molecule has 5 heteroatoms. The van der Waals surface area contributed by atoms with Crippen LogP contribution in [0.1, 0.15) is 24.5 Å². The Hall–Kier alpha value is -2.04. The number of aryl methyl sites for hydroxylation is 1. The predicted molar refractivity (Wildman–Crippen MR) is 71.3 cm³/mol. The van der Waals surface area contributed by atoms with Crippen LogP contribution in [0.5, 0.6) is 5.75 Å². The van der Waals surface area contributed by atoms with Gasteiger partial charge in [0.2, 0.25) is 5.91 Å². The van der Waals surface area contributed by atoms with Crippen LogP contribution in [0, 0.1) is 6.92 Å². The molecule has 104 valence electrons. The molecule has 1 aromatic rings. The molecule has 0 saturated heterocycles. The van der Waals surface area contributed by atoms with Crippen molar-refractivity contribution in [3.05, 3.63) is 29.3 Å². The third kappa shape index (κ3) is 5.42. The Bertz CT molecular complexity index is 457. The van der Waals surface area contributed by atoms with Gasteiger partial charge in [0.25, 0.3) is 0 Å². The number of carboxylic acid groups (broad SMARTS) is 1. The summed E-state index contributed by atoms with van der Waals surface area (Å²) in [6, 6.07) is 5.86. The maximum Gasteiger partial charge on any atom is 0.312 e. The van der Waals surface area contributed by atoms with E-state index in [9.17, 15) is 9.59 Å². The highest BCUT2D eigenvalue weighted by atomic mass is 16.5. The number of carbonyl (C=O) groups is 2. The monoisotopic (exact) mass is 265 g/mol. The lowest BCUT2D eigenvalue weighted by Crippen LogP contribution is -2.27. The van der Waals surface area contributed by atoms with Gasteiger partial charge >= 0.3 is 5.97 Å². The molecule has 0 unspecified atom stereocenters. The zero-order valence-electron chi connectivity index (χ0n) is 11.2. The van der Waals surface area contributed by atoms with E-state index < -0.39 is 18.3 Å². The van der Waals surface area contributed by atoms with Crippen LogP contribution >= 0.6 is 0 Å². The summed E-state index contributed by atoms with van der Waals surface area (Å²) in [5.74, 6) is -0.717. The molecule has 0 aliphatic carbocycles. The lowest BCUT2D eigenvalue weighted by molar-refractivity contribution is -0.140. The second-order valence-electron chi connectivity index (χ2n) is 4.20. The van der Waals surface area contributed by atoms with Crippen molar-refractivity contribution in [2.75, 3.05) is 13.2 Å². The van der Waals surface area contributed by atoms with E-state index in [0.29, 0.717) is 19.6 Å². The number of benzene rings is 1. The number of carbonyl (C=O) groups excluding carboxylic acids is 1. The summed E-state index contributed by atoms with van der Waals surface area (Å²) < 4.78 is 5.44. The minimum Gasteiger partial charge on any atom is -0.494 e. The second-order valence-corrected chi connectivity index (χ2v) is 4.20. The molecule has 2 N–H and O–H groups in total.